The topological polar surface area (TPSA) is 32.3 Å². The van der Waals surface area contributed by atoms with Crippen LogP contribution in [0.15, 0.2) is 12.1 Å². The van der Waals surface area contributed by atoms with Gasteiger partial charge in [-0.25, -0.2) is 8.78 Å². The molecule has 1 aliphatic heterocycles. The van der Waals surface area contributed by atoms with E-state index >= 15 is 0 Å². The number of halogens is 2. The number of carbonyl (C=O) groups excluding carboxylic acids is 1. The van der Waals surface area contributed by atoms with Crippen LogP contribution in [0.25, 0.3) is 0 Å². The summed E-state index contributed by atoms with van der Waals surface area (Å²) in [5.41, 5.74) is -0.142. The van der Waals surface area contributed by atoms with E-state index in [0.717, 1.165) is 18.9 Å². The van der Waals surface area contributed by atoms with Crippen LogP contribution >= 0.6 is 0 Å². The molecule has 1 aromatic rings. The number of rotatable bonds is 3. The lowest BCUT2D eigenvalue weighted by molar-refractivity contribution is 0.0727. The number of nitrogens with zero attached hydrogens (tertiary/aromatic N) is 1. The van der Waals surface area contributed by atoms with Crippen molar-refractivity contribution >= 4 is 5.91 Å². The maximum absolute atomic E-state index is 14.0. The number of likely N-dealkylation sites (tertiary alicyclic amines) is 1. The Balaban J connectivity index is 2.31. The molecule has 0 aromatic heterocycles. The first-order chi connectivity index (χ1) is 9.06. The van der Waals surface area contributed by atoms with Crippen molar-refractivity contribution in [1.29, 1.82) is 0 Å². The van der Waals surface area contributed by atoms with Gasteiger partial charge in [0.1, 0.15) is 17.2 Å². The van der Waals surface area contributed by atoms with E-state index in [1.54, 1.807) is 11.9 Å². The first-order valence-corrected chi connectivity index (χ1v) is 6.46. The number of aryl methyl sites for hydroxylation is 1. The zero-order valence-corrected chi connectivity index (χ0v) is 11.2. The van der Waals surface area contributed by atoms with Gasteiger partial charge in [0.05, 0.1) is 0 Å². The van der Waals surface area contributed by atoms with Gasteiger partial charge in [-0.2, -0.15) is 0 Å². The van der Waals surface area contributed by atoms with Crippen molar-refractivity contribution in [2.45, 2.75) is 25.8 Å². The third kappa shape index (κ3) is 2.61. The summed E-state index contributed by atoms with van der Waals surface area (Å²) >= 11 is 0. The van der Waals surface area contributed by atoms with Crippen LogP contribution in [0.1, 0.15) is 28.8 Å². The van der Waals surface area contributed by atoms with Crippen LogP contribution < -0.4 is 5.32 Å². The van der Waals surface area contributed by atoms with Crippen LogP contribution in [0.4, 0.5) is 8.78 Å². The van der Waals surface area contributed by atoms with Crippen LogP contribution in [-0.2, 0) is 0 Å². The molecule has 1 heterocycles. The van der Waals surface area contributed by atoms with E-state index in [2.05, 4.69) is 5.32 Å². The molecule has 1 saturated heterocycles. The molecule has 19 heavy (non-hydrogen) atoms. The highest BCUT2D eigenvalue weighted by molar-refractivity contribution is 5.95. The quantitative estimate of drug-likeness (QED) is 0.910. The Morgan fingerprint density at radius 2 is 2.21 bits per heavy atom. The minimum Gasteiger partial charge on any atom is -0.334 e. The number of likely N-dealkylation sites (N-methyl/N-ethyl adjacent to an activating group) is 1. The Kier molecular flexibility index (Phi) is 4.14. The highest BCUT2D eigenvalue weighted by Gasteiger charge is 2.32. The third-order valence-electron chi connectivity index (χ3n) is 3.58. The van der Waals surface area contributed by atoms with Gasteiger partial charge in [-0.3, -0.25) is 4.79 Å². The van der Waals surface area contributed by atoms with E-state index in [-0.39, 0.29) is 11.6 Å². The van der Waals surface area contributed by atoms with E-state index in [1.165, 1.54) is 13.0 Å². The molecule has 1 atom stereocenters. The van der Waals surface area contributed by atoms with Crippen LogP contribution in [0.2, 0.25) is 0 Å². The number of benzene rings is 1. The summed E-state index contributed by atoms with van der Waals surface area (Å²) in [4.78, 5) is 13.9. The molecule has 1 aliphatic rings. The predicted octanol–water partition coefficient (Wildman–Crippen LogP) is 2.10. The molecule has 2 rings (SSSR count). The zero-order valence-electron chi connectivity index (χ0n) is 11.2. The molecule has 1 fully saturated rings. The van der Waals surface area contributed by atoms with E-state index in [0.29, 0.717) is 13.1 Å². The third-order valence-corrected chi connectivity index (χ3v) is 3.58. The minimum atomic E-state index is -0.789. The summed E-state index contributed by atoms with van der Waals surface area (Å²) in [6.45, 7) is 2.72. The molecule has 1 N–H and O–H groups in total. The molecule has 0 saturated carbocycles. The molecule has 1 unspecified atom stereocenters. The lowest BCUT2D eigenvalue weighted by Crippen LogP contribution is -2.41. The fourth-order valence-corrected chi connectivity index (χ4v) is 2.55. The average Bonchev–Trinajstić information content (AvgIpc) is 2.83. The van der Waals surface area contributed by atoms with Gasteiger partial charge in [0.15, 0.2) is 0 Å². The van der Waals surface area contributed by atoms with Gasteiger partial charge >= 0.3 is 0 Å². The Hall–Kier alpha value is -1.49. The first-order valence-electron chi connectivity index (χ1n) is 6.46. The van der Waals surface area contributed by atoms with E-state index in [1.807, 2.05) is 0 Å². The second-order valence-electron chi connectivity index (χ2n) is 4.91. The van der Waals surface area contributed by atoms with Crippen molar-refractivity contribution in [2.24, 2.45) is 0 Å². The van der Waals surface area contributed by atoms with E-state index in [4.69, 9.17) is 0 Å². The Bertz CT molecular complexity index is 491. The molecular formula is C14H18F2N2O. The highest BCUT2D eigenvalue weighted by Crippen LogP contribution is 2.23. The number of hydrogen-bond acceptors (Lipinski definition) is 2. The molecule has 0 bridgehead atoms. The minimum absolute atomic E-state index is 0.0109. The van der Waals surface area contributed by atoms with Gasteiger partial charge in [0, 0.05) is 19.1 Å². The standard InChI is InChI=1S/C14H18F2N2O/c1-9-5-6-11(15)12(13(9)16)14(19)18-7-3-4-10(18)8-17-2/h5-6,10,17H,3-4,7-8H2,1-2H3. The van der Waals surface area contributed by atoms with Gasteiger partial charge in [-0.1, -0.05) is 6.07 Å². The number of amides is 1. The summed E-state index contributed by atoms with van der Waals surface area (Å²) in [6.07, 6.45) is 1.73. The van der Waals surface area contributed by atoms with Gasteiger partial charge in [0.25, 0.3) is 5.91 Å². The van der Waals surface area contributed by atoms with E-state index < -0.39 is 23.1 Å². The first kappa shape index (κ1) is 13.9. The zero-order chi connectivity index (χ0) is 14.0. The molecule has 3 nitrogen and oxygen atoms in total. The molecule has 104 valence electrons. The van der Waals surface area contributed by atoms with Gasteiger partial charge < -0.3 is 10.2 Å². The van der Waals surface area contributed by atoms with Crippen molar-refractivity contribution in [3.05, 3.63) is 34.9 Å². The summed E-state index contributed by atoms with van der Waals surface area (Å²) in [6, 6.07) is 2.50. The fraction of sp³-hybridized carbons (Fsp3) is 0.500. The number of hydrogen-bond donors (Lipinski definition) is 1. The van der Waals surface area contributed by atoms with Gasteiger partial charge in [-0.15, -0.1) is 0 Å². The summed E-state index contributed by atoms with van der Waals surface area (Å²) in [5.74, 6) is -2.08. The predicted molar refractivity (Wildman–Crippen MR) is 69.1 cm³/mol. The Labute approximate surface area is 111 Å². The largest absolute Gasteiger partial charge is 0.334 e. The number of nitrogens with one attached hydrogen (secondary N) is 1. The van der Waals surface area contributed by atoms with Gasteiger partial charge in [-0.05, 0) is 38.4 Å². The Morgan fingerprint density at radius 3 is 2.89 bits per heavy atom. The van der Waals surface area contributed by atoms with E-state index in [9.17, 15) is 13.6 Å². The van der Waals surface area contributed by atoms with Crippen molar-refractivity contribution in [2.75, 3.05) is 20.1 Å². The average molecular weight is 268 g/mol. The maximum atomic E-state index is 14.0. The second kappa shape index (κ2) is 5.65. The van der Waals surface area contributed by atoms with Crippen molar-refractivity contribution in [1.82, 2.24) is 10.2 Å². The molecule has 0 spiro atoms. The fourth-order valence-electron chi connectivity index (χ4n) is 2.55. The van der Waals surface area contributed by atoms with Crippen molar-refractivity contribution in [3.63, 3.8) is 0 Å². The van der Waals surface area contributed by atoms with Crippen LogP contribution in [0, 0.1) is 18.6 Å². The molecule has 5 heteroatoms. The summed E-state index contributed by atoms with van der Waals surface area (Å²) in [5, 5.41) is 3.01. The summed E-state index contributed by atoms with van der Waals surface area (Å²) in [7, 11) is 1.80. The van der Waals surface area contributed by atoms with Crippen LogP contribution in [0.3, 0.4) is 0 Å². The smallest absolute Gasteiger partial charge is 0.260 e. The van der Waals surface area contributed by atoms with Crippen molar-refractivity contribution in [3.8, 4) is 0 Å². The lowest BCUT2D eigenvalue weighted by atomic mass is 10.1. The SMILES string of the molecule is CNCC1CCCN1C(=O)c1c(F)ccc(C)c1F. The van der Waals surface area contributed by atoms with Crippen molar-refractivity contribution < 1.29 is 13.6 Å². The second-order valence-corrected chi connectivity index (χ2v) is 4.91. The van der Waals surface area contributed by atoms with Gasteiger partial charge in [0.2, 0.25) is 0 Å². The number of carbonyl (C=O) groups is 1. The van der Waals surface area contributed by atoms with Crippen LogP contribution in [-0.4, -0.2) is 37.0 Å². The molecule has 0 radical (unpaired) electrons. The Morgan fingerprint density at radius 1 is 1.47 bits per heavy atom. The van der Waals surface area contributed by atoms with Crippen LogP contribution in [0.5, 0.6) is 0 Å². The normalized spacial score (nSPS) is 18.9. The highest BCUT2D eigenvalue weighted by atomic mass is 19.1. The monoisotopic (exact) mass is 268 g/mol. The molecule has 1 aromatic carbocycles. The molecule has 0 aliphatic carbocycles. The molecule has 1 amide bonds. The lowest BCUT2D eigenvalue weighted by Gasteiger charge is -2.25. The summed E-state index contributed by atoms with van der Waals surface area (Å²) < 4.78 is 27.7. The molecular weight excluding hydrogens is 250 g/mol. The maximum Gasteiger partial charge on any atom is 0.260 e.